The second-order valence-electron chi connectivity index (χ2n) is 5.60. The van der Waals surface area contributed by atoms with Gasteiger partial charge in [-0.2, -0.15) is 0 Å². The van der Waals surface area contributed by atoms with Crippen molar-refractivity contribution < 1.29 is 33.7 Å². The van der Waals surface area contributed by atoms with E-state index in [0.29, 0.717) is 10.9 Å². The summed E-state index contributed by atoms with van der Waals surface area (Å²) in [6, 6.07) is 7.86. The summed E-state index contributed by atoms with van der Waals surface area (Å²) < 4.78 is 16.3. The summed E-state index contributed by atoms with van der Waals surface area (Å²) in [5.41, 5.74) is 0.963. The van der Waals surface area contributed by atoms with Crippen molar-refractivity contribution >= 4 is 22.7 Å². The zero-order valence-electron chi connectivity index (χ0n) is 14.1. The lowest BCUT2D eigenvalue weighted by atomic mass is 10.0. The molecule has 0 atom stereocenters. The molecular formula is C19H16O7. The van der Waals surface area contributed by atoms with Crippen LogP contribution in [0.15, 0.2) is 41.0 Å². The van der Waals surface area contributed by atoms with Crippen LogP contribution >= 0.6 is 0 Å². The highest BCUT2D eigenvalue weighted by Crippen LogP contribution is 2.46. The number of rotatable bonds is 6. The van der Waals surface area contributed by atoms with E-state index in [2.05, 4.69) is 0 Å². The predicted octanol–water partition coefficient (Wildman–Crippen LogP) is 3.63. The van der Waals surface area contributed by atoms with Gasteiger partial charge < -0.3 is 24.1 Å². The van der Waals surface area contributed by atoms with Crippen LogP contribution in [0.2, 0.25) is 0 Å². The molecule has 2 N–H and O–H groups in total. The third-order valence-corrected chi connectivity index (χ3v) is 3.91. The second kappa shape index (κ2) is 6.79. The number of benzene rings is 2. The van der Waals surface area contributed by atoms with Gasteiger partial charge in [0.2, 0.25) is 5.75 Å². The third-order valence-electron chi connectivity index (χ3n) is 3.91. The van der Waals surface area contributed by atoms with Crippen LogP contribution in [0.1, 0.15) is 33.2 Å². The number of aromatic carboxylic acids is 1. The minimum atomic E-state index is -1.05. The molecule has 3 rings (SSSR count). The van der Waals surface area contributed by atoms with Crippen molar-refractivity contribution in [2.45, 2.75) is 13.5 Å². The number of ketones is 1. The number of hydrogen-bond acceptors (Lipinski definition) is 6. The van der Waals surface area contributed by atoms with Gasteiger partial charge in [0, 0.05) is 0 Å². The highest BCUT2D eigenvalue weighted by atomic mass is 16.5. The fraction of sp³-hybridized carbons (Fsp3) is 0.158. The summed E-state index contributed by atoms with van der Waals surface area (Å²) in [5, 5.41) is 20.0. The predicted molar refractivity (Wildman–Crippen MR) is 92.2 cm³/mol. The summed E-state index contributed by atoms with van der Waals surface area (Å²) >= 11 is 0. The van der Waals surface area contributed by atoms with E-state index in [4.69, 9.17) is 19.0 Å². The van der Waals surface area contributed by atoms with Crippen molar-refractivity contribution in [1.29, 1.82) is 0 Å². The molecule has 2 aromatic carbocycles. The molecule has 0 unspecified atom stereocenters. The van der Waals surface area contributed by atoms with Gasteiger partial charge in [0.1, 0.15) is 17.9 Å². The average molecular weight is 356 g/mol. The lowest BCUT2D eigenvalue weighted by molar-refractivity contribution is 0.0696. The Bertz CT molecular complexity index is 1000. The van der Waals surface area contributed by atoms with E-state index in [1.807, 2.05) is 0 Å². The Hall–Kier alpha value is -3.48. The smallest absolute Gasteiger partial charge is 0.335 e. The molecule has 3 aromatic rings. The zero-order valence-corrected chi connectivity index (χ0v) is 14.1. The van der Waals surface area contributed by atoms with Crippen molar-refractivity contribution in [1.82, 2.24) is 0 Å². The lowest BCUT2D eigenvalue weighted by Crippen LogP contribution is -2.05. The van der Waals surface area contributed by atoms with Crippen LogP contribution in [0.25, 0.3) is 11.0 Å². The van der Waals surface area contributed by atoms with E-state index in [1.165, 1.54) is 32.4 Å². The van der Waals surface area contributed by atoms with Gasteiger partial charge in [-0.1, -0.05) is 12.1 Å². The van der Waals surface area contributed by atoms with Crippen molar-refractivity contribution in [3.63, 3.8) is 0 Å². The number of phenolic OH excluding ortho intramolecular Hbond substituents is 1. The standard InChI is InChI=1S/C19H16O7/c1-10(20)14-15(21)18(24-2)17-13(6-7-25-17)16(14)26-9-11-4-3-5-12(8-11)19(22)23/h3-8,21H,9H2,1-2H3,(H,22,23). The van der Waals surface area contributed by atoms with Crippen molar-refractivity contribution in [2.24, 2.45) is 0 Å². The molecule has 0 bridgehead atoms. The molecule has 0 saturated carbocycles. The zero-order chi connectivity index (χ0) is 18.8. The first-order valence-electron chi connectivity index (χ1n) is 7.70. The number of ether oxygens (including phenoxy) is 2. The van der Waals surface area contributed by atoms with Crippen LogP contribution in [0.4, 0.5) is 0 Å². The number of carbonyl (C=O) groups is 2. The molecule has 1 aromatic heterocycles. The van der Waals surface area contributed by atoms with E-state index in [0.717, 1.165) is 0 Å². The van der Waals surface area contributed by atoms with E-state index in [-0.39, 0.29) is 40.6 Å². The molecule has 0 saturated heterocycles. The monoisotopic (exact) mass is 356 g/mol. The number of aromatic hydroxyl groups is 1. The quantitative estimate of drug-likeness (QED) is 0.650. The first kappa shape index (κ1) is 17.3. The van der Waals surface area contributed by atoms with Crippen LogP contribution in [-0.4, -0.2) is 29.1 Å². The van der Waals surface area contributed by atoms with Crippen LogP contribution < -0.4 is 9.47 Å². The summed E-state index contributed by atoms with van der Waals surface area (Å²) in [7, 11) is 1.36. The summed E-state index contributed by atoms with van der Waals surface area (Å²) in [5.74, 6) is -1.61. The molecule has 0 spiro atoms. The number of methoxy groups -OCH3 is 1. The molecule has 7 heteroatoms. The number of hydrogen-bond donors (Lipinski definition) is 2. The molecule has 0 amide bonds. The Morgan fingerprint density at radius 1 is 1.19 bits per heavy atom. The number of carboxylic acid groups (broad SMARTS) is 1. The largest absolute Gasteiger partial charge is 0.504 e. The SMILES string of the molecule is COc1c(O)c(C(C)=O)c(OCc2cccc(C(=O)O)c2)c2ccoc12. The fourth-order valence-electron chi connectivity index (χ4n) is 2.74. The maximum atomic E-state index is 12.1. The molecule has 0 aliphatic heterocycles. The highest BCUT2D eigenvalue weighted by molar-refractivity contribution is 6.08. The fourth-order valence-corrected chi connectivity index (χ4v) is 2.74. The van der Waals surface area contributed by atoms with Gasteiger partial charge in [0.05, 0.1) is 24.3 Å². The minimum absolute atomic E-state index is 0.00739. The van der Waals surface area contributed by atoms with Crippen molar-refractivity contribution in [3.8, 4) is 17.2 Å². The second-order valence-corrected chi connectivity index (χ2v) is 5.60. The lowest BCUT2D eigenvalue weighted by Gasteiger charge is -2.15. The first-order valence-corrected chi connectivity index (χ1v) is 7.70. The molecule has 7 nitrogen and oxygen atoms in total. The normalized spacial score (nSPS) is 10.7. The van der Waals surface area contributed by atoms with Gasteiger partial charge in [0.15, 0.2) is 17.1 Å². The Morgan fingerprint density at radius 2 is 1.96 bits per heavy atom. The number of Topliss-reactive ketones (excluding diaryl/α,β-unsaturated/α-hetero) is 1. The van der Waals surface area contributed by atoms with Gasteiger partial charge in [-0.25, -0.2) is 4.79 Å². The number of carbonyl (C=O) groups excluding carboxylic acids is 1. The molecule has 134 valence electrons. The number of carboxylic acids is 1. The minimum Gasteiger partial charge on any atom is -0.504 e. The first-order chi connectivity index (χ1) is 12.4. The third kappa shape index (κ3) is 2.95. The summed E-state index contributed by atoms with van der Waals surface area (Å²) in [6.45, 7) is 1.31. The van der Waals surface area contributed by atoms with Crippen molar-refractivity contribution in [3.05, 3.63) is 53.3 Å². The molecular weight excluding hydrogens is 340 g/mol. The van der Waals surface area contributed by atoms with Crippen LogP contribution in [0.3, 0.4) is 0 Å². The number of fused-ring (bicyclic) bond motifs is 1. The molecule has 0 aliphatic rings. The Labute approximate surface area is 148 Å². The van der Waals surface area contributed by atoms with E-state index >= 15 is 0 Å². The average Bonchev–Trinajstić information content (AvgIpc) is 3.08. The van der Waals surface area contributed by atoms with Crippen LogP contribution in [0.5, 0.6) is 17.2 Å². The highest BCUT2D eigenvalue weighted by Gasteiger charge is 2.26. The Balaban J connectivity index is 2.06. The maximum absolute atomic E-state index is 12.1. The Morgan fingerprint density at radius 3 is 2.62 bits per heavy atom. The van der Waals surface area contributed by atoms with E-state index in [9.17, 15) is 14.7 Å². The summed E-state index contributed by atoms with van der Waals surface area (Å²) in [6.07, 6.45) is 1.40. The maximum Gasteiger partial charge on any atom is 0.335 e. The van der Waals surface area contributed by atoms with Crippen LogP contribution in [0, 0.1) is 0 Å². The van der Waals surface area contributed by atoms with Gasteiger partial charge >= 0.3 is 5.97 Å². The summed E-state index contributed by atoms with van der Waals surface area (Å²) in [4.78, 5) is 23.2. The Kier molecular flexibility index (Phi) is 4.53. The van der Waals surface area contributed by atoms with Crippen molar-refractivity contribution in [2.75, 3.05) is 7.11 Å². The number of phenols is 1. The number of furan rings is 1. The van der Waals surface area contributed by atoms with E-state index < -0.39 is 11.8 Å². The van der Waals surface area contributed by atoms with Gasteiger partial charge in [-0.15, -0.1) is 0 Å². The molecule has 0 aliphatic carbocycles. The van der Waals surface area contributed by atoms with Crippen LogP contribution in [-0.2, 0) is 6.61 Å². The topological polar surface area (TPSA) is 106 Å². The molecule has 0 radical (unpaired) electrons. The molecule has 0 fully saturated rings. The van der Waals surface area contributed by atoms with Gasteiger partial charge in [-0.3, -0.25) is 4.79 Å². The van der Waals surface area contributed by atoms with Gasteiger partial charge in [0.25, 0.3) is 0 Å². The molecule has 26 heavy (non-hydrogen) atoms. The molecule has 1 heterocycles. The van der Waals surface area contributed by atoms with E-state index in [1.54, 1.807) is 18.2 Å². The van der Waals surface area contributed by atoms with Gasteiger partial charge in [-0.05, 0) is 30.7 Å².